The molecule has 0 atom stereocenters. The van der Waals surface area contributed by atoms with Gasteiger partial charge in [-0.3, -0.25) is 9.59 Å². The SMILES string of the molecule is C=C(/N=C(/CCCC(=O)N1CCC2(CC1)CN/C(=N\C(=O)c1nc(Cl)c(N)nc1N)N2)ON)c1ccc(OC)cc1. The molecule has 0 radical (unpaired) electrons. The van der Waals surface area contributed by atoms with Crippen LogP contribution in [-0.2, 0) is 9.63 Å². The molecule has 3 heterocycles. The van der Waals surface area contributed by atoms with E-state index in [1.807, 2.05) is 29.2 Å². The molecule has 8 N–H and O–H groups in total. The lowest BCUT2D eigenvalue weighted by atomic mass is 9.88. The van der Waals surface area contributed by atoms with Gasteiger partial charge >= 0.3 is 5.91 Å². The molecule has 1 aromatic heterocycles. The molecule has 15 heteroatoms. The first kappa shape index (κ1) is 29.6. The first-order chi connectivity index (χ1) is 19.6. The van der Waals surface area contributed by atoms with Gasteiger partial charge in [-0.05, 0) is 49.1 Å². The number of methoxy groups -OCH3 is 1. The molecular weight excluding hydrogens is 552 g/mol. The molecule has 2 aliphatic rings. The molecule has 41 heavy (non-hydrogen) atoms. The third-order valence-corrected chi connectivity index (χ3v) is 7.25. The van der Waals surface area contributed by atoms with Crippen LogP contribution in [0.2, 0.25) is 5.15 Å². The molecule has 2 aliphatic heterocycles. The molecule has 0 aliphatic carbocycles. The molecule has 14 nitrogen and oxygen atoms in total. The molecule has 218 valence electrons. The number of nitrogens with one attached hydrogen (secondary N) is 2. The van der Waals surface area contributed by atoms with Gasteiger partial charge in [0.05, 0.1) is 18.3 Å². The Kier molecular flexibility index (Phi) is 9.24. The van der Waals surface area contributed by atoms with E-state index in [4.69, 9.17) is 38.5 Å². The highest BCUT2D eigenvalue weighted by molar-refractivity contribution is 6.31. The highest BCUT2D eigenvalue weighted by Gasteiger charge is 2.40. The maximum Gasteiger partial charge on any atom is 0.302 e. The van der Waals surface area contributed by atoms with E-state index in [1.165, 1.54) is 0 Å². The average molecular weight is 585 g/mol. The summed E-state index contributed by atoms with van der Waals surface area (Å²) in [5.74, 6) is 5.85. The molecule has 2 amide bonds. The smallest absolute Gasteiger partial charge is 0.302 e. The van der Waals surface area contributed by atoms with Gasteiger partial charge in [-0.1, -0.05) is 18.2 Å². The lowest BCUT2D eigenvalue weighted by Gasteiger charge is -2.38. The summed E-state index contributed by atoms with van der Waals surface area (Å²) in [6.45, 7) is 5.64. The Labute approximate surface area is 242 Å². The topological polar surface area (TPSA) is 208 Å². The summed E-state index contributed by atoms with van der Waals surface area (Å²) in [6, 6.07) is 7.31. The third kappa shape index (κ3) is 7.21. The number of halogens is 1. The van der Waals surface area contributed by atoms with Gasteiger partial charge in [0.25, 0.3) is 0 Å². The van der Waals surface area contributed by atoms with Crippen LogP contribution < -0.4 is 32.7 Å². The number of carbonyl (C=O) groups excluding carboxylic acids is 2. The van der Waals surface area contributed by atoms with Crippen LogP contribution in [0.1, 0.15) is 48.2 Å². The Bertz CT molecular complexity index is 1370. The summed E-state index contributed by atoms with van der Waals surface area (Å²) >= 11 is 5.87. The lowest BCUT2D eigenvalue weighted by molar-refractivity contribution is -0.132. The minimum absolute atomic E-state index is 0.0366. The first-order valence-corrected chi connectivity index (χ1v) is 13.3. The maximum atomic E-state index is 12.9. The van der Waals surface area contributed by atoms with Gasteiger partial charge in [0, 0.05) is 32.5 Å². The van der Waals surface area contributed by atoms with Gasteiger partial charge in [-0.2, -0.15) is 10.9 Å². The van der Waals surface area contributed by atoms with Gasteiger partial charge < -0.3 is 36.6 Å². The van der Waals surface area contributed by atoms with Crippen molar-refractivity contribution in [3.63, 3.8) is 0 Å². The standard InChI is InChI=1S/C26H33ClN10O4/c1-15(16-6-8-17(40-2)9-7-16)32-18(41-30)4-3-5-19(38)37-12-10-26(11-13-37)14-31-25(36-26)35-24(39)20-22(28)34-23(29)21(27)33-20/h6-9H,1,3-5,10-14,30H2,2H3,(H4,28,29,34)(H2,31,35,36,39)/b32-18-. The fourth-order valence-electron chi connectivity index (χ4n) is 4.59. The lowest BCUT2D eigenvalue weighted by Crippen LogP contribution is -2.53. The largest absolute Gasteiger partial charge is 0.497 e. The van der Waals surface area contributed by atoms with Crippen molar-refractivity contribution in [2.45, 2.75) is 37.6 Å². The molecule has 2 aromatic rings. The number of nitrogens with zero attached hydrogens (tertiary/aromatic N) is 5. The summed E-state index contributed by atoms with van der Waals surface area (Å²) in [5.41, 5.74) is 12.1. The molecular formula is C26H33ClN10O4. The maximum absolute atomic E-state index is 12.9. The number of likely N-dealkylation sites (tertiary alicyclic amines) is 1. The molecule has 0 saturated carbocycles. The van der Waals surface area contributed by atoms with Crippen molar-refractivity contribution in [3.05, 3.63) is 47.3 Å². The van der Waals surface area contributed by atoms with E-state index in [2.05, 4.69) is 37.2 Å². The van der Waals surface area contributed by atoms with Crippen LogP contribution >= 0.6 is 11.6 Å². The van der Waals surface area contributed by atoms with Gasteiger partial charge in [0.15, 0.2) is 28.4 Å². The van der Waals surface area contributed by atoms with Gasteiger partial charge in [0.2, 0.25) is 11.8 Å². The molecule has 4 rings (SSSR count). The van der Waals surface area contributed by atoms with Crippen molar-refractivity contribution in [1.82, 2.24) is 25.5 Å². The Morgan fingerprint density at radius 1 is 1.15 bits per heavy atom. The molecule has 1 aromatic carbocycles. The number of nitrogen functional groups attached to an aromatic ring is 2. The van der Waals surface area contributed by atoms with Crippen molar-refractivity contribution in [2.24, 2.45) is 15.9 Å². The minimum Gasteiger partial charge on any atom is -0.497 e. The van der Waals surface area contributed by atoms with Crippen molar-refractivity contribution >= 4 is 52.6 Å². The predicted octanol–water partition coefficient (Wildman–Crippen LogP) is 1.48. The number of hydrogen-bond acceptors (Lipinski definition) is 10. The molecule has 0 bridgehead atoms. The van der Waals surface area contributed by atoms with E-state index in [-0.39, 0.29) is 33.9 Å². The first-order valence-electron chi connectivity index (χ1n) is 12.9. The predicted molar refractivity (Wildman–Crippen MR) is 156 cm³/mol. The zero-order chi connectivity index (χ0) is 29.6. The number of anilines is 2. The Morgan fingerprint density at radius 2 is 1.85 bits per heavy atom. The molecule has 2 saturated heterocycles. The summed E-state index contributed by atoms with van der Waals surface area (Å²) in [7, 11) is 1.60. The van der Waals surface area contributed by atoms with Crippen LogP contribution in [0, 0.1) is 0 Å². The van der Waals surface area contributed by atoms with Crippen molar-refractivity contribution in [2.75, 3.05) is 38.2 Å². The zero-order valence-corrected chi connectivity index (χ0v) is 23.4. The molecule has 1 spiro atoms. The quantitative estimate of drug-likeness (QED) is 0.170. The van der Waals surface area contributed by atoms with E-state index >= 15 is 0 Å². The third-order valence-electron chi connectivity index (χ3n) is 6.97. The van der Waals surface area contributed by atoms with Crippen LogP contribution in [-0.4, -0.2) is 70.8 Å². The van der Waals surface area contributed by atoms with Gasteiger partial charge in [-0.25, -0.2) is 15.0 Å². The van der Waals surface area contributed by atoms with Crippen molar-refractivity contribution in [3.8, 4) is 5.75 Å². The number of nitrogens with two attached hydrogens (primary N) is 3. The summed E-state index contributed by atoms with van der Waals surface area (Å²) in [6.07, 6.45) is 2.59. The monoisotopic (exact) mass is 584 g/mol. The number of aliphatic imine (C=N–C) groups is 2. The van der Waals surface area contributed by atoms with Crippen LogP contribution in [0.4, 0.5) is 11.6 Å². The fraction of sp³-hybridized carbons (Fsp3) is 0.385. The molecule has 2 fully saturated rings. The van der Waals surface area contributed by atoms with Gasteiger partial charge in [-0.15, -0.1) is 0 Å². The number of rotatable bonds is 8. The number of guanidine groups is 1. The number of benzene rings is 1. The highest BCUT2D eigenvalue weighted by Crippen LogP contribution is 2.26. The Balaban J connectivity index is 1.24. The zero-order valence-electron chi connectivity index (χ0n) is 22.7. The normalized spacial score (nSPS) is 17.2. The van der Waals surface area contributed by atoms with E-state index < -0.39 is 5.91 Å². The second-order valence-corrected chi connectivity index (χ2v) is 10.0. The van der Waals surface area contributed by atoms with Gasteiger partial charge in [0.1, 0.15) is 5.75 Å². The number of carbonyl (C=O) groups is 2. The van der Waals surface area contributed by atoms with Crippen LogP contribution in [0.25, 0.3) is 5.70 Å². The summed E-state index contributed by atoms with van der Waals surface area (Å²) in [4.78, 5) is 48.3. The Morgan fingerprint density at radius 3 is 2.51 bits per heavy atom. The average Bonchev–Trinajstić information content (AvgIpc) is 3.35. The fourth-order valence-corrected chi connectivity index (χ4v) is 4.71. The summed E-state index contributed by atoms with van der Waals surface area (Å²) in [5, 5.41) is 6.27. The van der Waals surface area contributed by atoms with E-state index in [0.29, 0.717) is 69.3 Å². The van der Waals surface area contributed by atoms with E-state index in [0.717, 1.165) is 11.3 Å². The highest BCUT2D eigenvalue weighted by atomic mass is 35.5. The van der Waals surface area contributed by atoms with Crippen LogP contribution in [0.5, 0.6) is 5.75 Å². The Hall–Kier alpha value is -4.43. The minimum atomic E-state index is -0.700. The second-order valence-electron chi connectivity index (χ2n) is 9.69. The number of piperidine rings is 1. The number of ether oxygens (including phenoxy) is 1. The van der Waals surface area contributed by atoms with Crippen molar-refractivity contribution < 1.29 is 19.2 Å². The number of hydrogen-bond donors (Lipinski definition) is 5. The van der Waals surface area contributed by atoms with Crippen LogP contribution in [0.3, 0.4) is 0 Å². The van der Waals surface area contributed by atoms with E-state index in [1.54, 1.807) is 7.11 Å². The molecule has 0 unspecified atom stereocenters. The van der Waals surface area contributed by atoms with Crippen molar-refractivity contribution in [1.29, 1.82) is 0 Å². The number of amides is 2. The second kappa shape index (κ2) is 12.8. The number of aromatic nitrogens is 2. The summed E-state index contributed by atoms with van der Waals surface area (Å²) < 4.78 is 5.16. The van der Waals surface area contributed by atoms with Crippen LogP contribution in [0.15, 0.2) is 40.8 Å². The van der Waals surface area contributed by atoms with E-state index in [9.17, 15) is 9.59 Å².